The Morgan fingerprint density at radius 2 is 2.27 bits per heavy atom. The number of carbonyl (C=O) groups is 1. The Labute approximate surface area is 92.5 Å². The van der Waals surface area contributed by atoms with Gasteiger partial charge in [-0.3, -0.25) is 0 Å². The summed E-state index contributed by atoms with van der Waals surface area (Å²) in [6, 6.07) is 4.49. The summed E-state index contributed by atoms with van der Waals surface area (Å²) in [7, 11) is 0. The van der Waals surface area contributed by atoms with Gasteiger partial charge in [-0.15, -0.1) is 0 Å². The molecule has 0 bridgehead atoms. The number of hydrogen-bond donors (Lipinski definition) is 1. The molecule has 0 saturated carbocycles. The standard InChI is InChI=1S/C11H13FO2S/c1-2-6-15-7-8-4-3-5-9(10(8)12)11(13)14/h3-5H,2,6-7H2,1H3,(H,13,14). The van der Waals surface area contributed by atoms with E-state index in [-0.39, 0.29) is 5.56 Å². The zero-order valence-corrected chi connectivity index (χ0v) is 9.31. The molecule has 82 valence electrons. The number of rotatable bonds is 5. The quantitative estimate of drug-likeness (QED) is 0.786. The molecule has 1 N–H and O–H groups in total. The van der Waals surface area contributed by atoms with Crippen LogP contribution in [-0.2, 0) is 5.75 Å². The molecule has 15 heavy (non-hydrogen) atoms. The third-order valence-electron chi connectivity index (χ3n) is 1.92. The van der Waals surface area contributed by atoms with E-state index in [4.69, 9.17) is 5.11 Å². The minimum atomic E-state index is -1.21. The van der Waals surface area contributed by atoms with Crippen molar-refractivity contribution in [3.63, 3.8) is 0 Å². The minimum Gasteiger partial charge on any atom is -0.478 e. The van der Waals surface area contributed by atoms with Gasteiger partial charge < -0.3 is 5.11 Å². The summed E-state index contributed by atoms with van der Waals surface area (Å²) in [5, 5.41) is 8.71. The predicted octanol–water partition coefficient (Wildman–Crippen LogP) is 3.17. The molecule has 2 nitrogen and oxygen atoms in total. The second kappa shape index (κ2) is 5.75. The molecule has 0 spiro atoms. The molecule has 0 aliphatic heterocycles. The van der Waals surface area contributed by atoms with Crippen molar-refractivity contribution >= 4 is 17.7 Å². The number of thioether (sulfide) groups is 1. The first-order chi connectivity index (χ1) is 7.16. The Bertz CT molecular complexity index is 352. The van der Waals surface area contributed by atoms with Crippen LogP contribution < -0.4 is 0 Å². The molecule has 0 unspecified atom stereocenters. The first kappa shape index (κ1) is 12.0. The van der Waals surface area contributed by atoms with Crippen LogP contribution in [0.3, 0.4) is 0 Å². The highest BCUT2D eigenvalue weighted by Gasteiger charge is 2.13. The van der Waals surface area contributed by atoms with Gasteiger partial charge in [0.25, 0.3) is 0 Å². The topological polar surface area (TPSA) is 37.3 Å². The Hall–Kier alpha value is -1.03. The number of carboxylic acid groups (broad SMARTS) is 1. The summed E-state index contributed by atoms with van der Waals surface area (Å²) in [5.74, 6) is -0.333. The molecule has 0 saturated heterocycles. The highest BCUT2D eigenvalue weighted by Crippen LogP contribution is 2.19. The number of carboxylic acids is 1. The molecule has 0 heterocycles. The molecule has 1 rings (SSSR count). The lowest BCUT2D eigenvalue weighted by Gasteiger charge is -2.04. The van der Waals surface area contributed by atoms with Crippen molar-refractivity contribution in [1.82, 2.24) is 0 Å². The molecule has 0 aliphatic carbocycles. The minimum absolute atomic E-state index is 0.246. The third kappa shape index (κ3) is 3.23. The second-order valence-corrected chi connectivity index (χ2v) is 4.24. The van der Waals surface area contributed by atoms with Crippen molar-refractivity contribution < 1.29 is 14.3 Å². The molecule has 0 radical (unpaired) electrons. The van der Waals surface area contributed by atoms with E-state index in [1.807, 2.05) is 0 Å². The fourth-order valence-corrected chi connectivity index (χ4v) is 2.06. The van der Waals surface area contributed by atoms with Crippen LogP contribution in [0, 0.1) is 5.82 Å². The van der Waals surface area contributed by atoms with Gasteiger partial charge in [-0.2, -0.15) is 11.8 Å². The van der Waals surface area contributed by atoms with Gasteiger partial charge in [0.2, 0.25) is 0 Å². The predicted molar refractivity (Wildman–Crippen MR) is 59.8 cm³/mol. The van der Waals surface area contributed by atoms with Crippen molar-refractivity contribution in [3.8, 4) is 0 Å². The zero-order chi connectivity index (χ0) is 11.3. The van der Waals surface area contributed by atoms with Crippen LogP contribution in [0.4, 0.5) is 4.39 Å². The van der Waals surface area contributed by atoms with Gasteiger partial charge in [-0.1, -0.05) is 19.1 Å². The fourth-order valence-electron chi connectivity index (χ4n) is 1.18. The SMILES string of the molecule is CCCSCc1cccc(C(=O)O)c1F. The van der Waals surface area contributed by atoms with Crippen molar-refractivity contribution in [2.24, 2.45) is 0 Å². The van der Waals surface area contributed by atoms with Gasteiger partial charge in [-0.25, -0.2) is 9.18 Å². The van der Waals surface area contributed by atoms with Gasteiger partial charge >= 0.3 is 5.97 Å². The van der Waals surface area contributed by atoms with Gasteiger partial charge in [0.1, 0.15) is 5.82 Å². The lowest BCUT2D eigenvalue weighted by atomic mass is 10.1. The summed E-state index contributed by atoms with van der Waals surface area (Å²) in [6.07, 6.45) is 1.03. The summed E-state index contributed by atoms with van der Waals surface area (Å²) >= 11 is 1.61. The first-order valence-corrected chi connectivity index (χ1v) is 5.90. The van der Waals surface area contributed by atoms with Crippen LogP contribution in [0.5, 0.6) is 0 Å². The van der Waals surface area contributed by atoms with Gasteiger partial charge in [0.15, 0.2) is 0 Å². The number of aromatic carboxylic acids is 1. The third-order valence-corrected chi connectivity index (χ3v) is 3.13. The molecule has 0 aliphatic rings. The summed E-state index contributed by atoms with van der Waals surface area (Å²) in [6.45, 7) is 2.05. The molecule has 0 atom stereocenters. The molecule has 1 aromatic carbocycles. The van der Waals surface area contributed by atoms with Crippen LogP contribution >= 0.6 is 11.8 Å². The van der Waals surface area contributed by atoms with E-state index in [2.05, 4.69) is 6.92 Å². The maximum Gasteiger partial charge on any atom is 0.338 e. The van der Waals surface area contributed by atoms with E-state index in [0.717, 1.165) is 12.2 Å². The van der Waals surface area contributed by atoms with Crippen LogP contribution in [0.2, 0.25) is 0 Å². The molecule has 0 amide bonds. The van der Waals surface area contributed by atoms with Crippen LogP contribution in [0.25, 0.3) is 0 Å². The largest absolute Gasteiger partial charge is 0.478 e. The van der Waals surface area contributed by atoms with Gasteiger partial charge in [0, 0.05) is 5.75 Å². The average molecular weight is 228 g/mol. The number of halogens is 1. The van der Waals surface area contributed by atoms with Crippen molar-refractivity contribution in [2.45, 2.75) is 19.1 Å². The molecule has 0 aromatic heterocycles. The Kier molecular flexibility index (Phi) is 4.62. The monoisotopic (exact) mass is 228 g/mol. The summed E-state index contributed by atoms with van der Waals surface area (Å²) < 4.78 is 13.6. The molecule has 0 fully saturated rings. The van der Waals surface area contributed by atoms with Crippen molar-refractivity contribution in [2.75, 3.05) is 5.75 Å². The maximum atomic E-state index is 13.6. The first-order valence-electron chi connectivity index (χ1n) is 4.75. The van der Waals surface area contributed by atoms with Crippen LogP contribution in [-0.4, -0.2) is 16.8 Å². The van der Waals surface area contributed by atoms with Crippen molar-refractivity contribution in [3.05, 3.63) is 35.1 Å². The zero-order valence-electron chi connectivity index (χ0n) is 8.50. The van der Waals surface area contributed by atoms with E-state index in [1.165, 1.54) is 6.07 Å². The fraction of sp³-hybridized carbons (Fsp3) is 0.364. The second-order valence-electron chi connectivity index (χ2n) is 3.14. The van der Waals surface area contributed by atoms with Gasteiger partial charge in [-0.05, 0) is 23.8 Å². The Balaban J connectivity index is 2.80. The lowest BCUT2D eigenvalue weighted by molar-refractivity contribution is 0.0691. The number of benzene rings is 1. The van der Waals surface area contributed by atoms with E-state index >= 15 is 0 Å². The lowest BCUT2D eigenvalue weighted by Crippen LogP contribution is -2.03. The average Bonchev–Trinajstić information content (AvgIpc) is 2.20. The molecule has 1 aromatic rings. The van der Waals surface area contributed by atoms with Crippen molar-refractivity contribution in [1.29, 1.82) is 0 Å². The van der Waals surface area contributed by atoms with Crippen LogP contribution in [0.1, 0.15) is 29.3 Å². The normalized spacial score (nSPS) is 10.3. The summed E-state index contributed by atoms with van der Waals surface area (Å²) in [4.78, 5) is 10.7. The van der Waals surface area contributed by atoms with E-state index in [0.29, 0.717) is 11.3 Å². The molecule has 4 heteroatoms. The Morgan fingerprint density at radius 1 is 1.53 bits per heavy atom. The van der Waals surface area contributed by atoms with Gasteiger partial charge in [0.05, 0.1) is 5.56 Å². The molecular weight excluding hydrogens is 215 g/mol. The smallest absolute Gasteiger partial charge is 0.338 e. The Morgan fingerprint density at radius 3 is 2.87 bits per heavy atom. The van der Waals surface area contributed by atoms with E-state index in [1.54, 1.807) is 23.9 Å². The number of hydrogen-bond acceptors (Lipinski definition) is 2. The highest BCUT2D eigenvalue weighted by atomic mass is 32.2. The maximum absolute atomic E-state index is 13.6. The van der Waals surface area contributed by atoms with E-state index in [9.17, 15) is 9.18 Å². The van der Waals surface area contributed by atoms with Crippen LogP contribution in [0.15, 0.2) is 18.2 Å². The molecular formula is C11H13FO2S. The summed E-state index contributed by atoms with van der Waals surface area (Å²) in [5.41, 5.74) is 0.220. The highest BCUT2D eigenvalue weighted by molar-refractivity contribution is 7.98. The van der Waals surface area contributed by atoms with E-state index < -0.39 is 11.8 Å².